The number of amides is 1. The van der Waals surface area contributed by atoms with E-state index < -0.39 is 24.2 Å². The number of alkyl halides is 4. The number of anilines is 1. The van der Waals surface area contributed by atoms with Crippen molar-refractivity contribution in [2.75, 3.05) is 5.32 Å². The average molecular weight is 526 g/mol. The van der Waals surface area contributed by atoms with E-state index in [1.807, 2.05) is 32.0 Å². The number of benzene rings is 2. The highest BCUT2D eigenvalue weighted by Crippen LogP contribution is 2.34. The SMILES string of the molecule is CCc1cc(-c2cccnc2Oc2cc(NC(=O)c3cccc(OC(F)(F)C(F)F)c3)ccc2C)ccn1. The summed E-state index contributed by atoms with van der Waals surface area (Å²) in [6.07, 6.45) is -4.60. The summed E-state index contributed by atoms with van der Waals surface area (Å²) >= 11 is 0. The lowest BCUT2D eigenvalue weighted by Crippen LogP contribution is -2.33. The van der Waals surface area contributed by atoms with E-state index in [0.717, 1.165) is 40.9 Å². The Labute approximate surface area is 216 Å². The van der Waals surface area contributed by atoms with E-state index >= 15 is 0 Å². The van der Waals surface area contributed by atoms with Crippen LogP contribution in [0.5, 0.6) is 17.4 Å². The number of pyridine rings is 2. The van der Waals surface area contributed by atoms with Crippen molar-refractivity contribution in [2.45, 2.75) is 32.8 Å². The zero-order chi connectivity index (χ0) is 27.3. The number of ether oxygens (including phenoxy) is 2. The maximum atomic E-state index is 13.3. The molecule has 0 spiro atoms. The first-order valence-corrected chi connectivity index (χ1v) is 11.6. The van der Waals surface area contributed by atoms with Gasteiger partial charge in [-0.2, -0.15) is 17.6 Å². The molecule has 196 valence electrons. The monoisotopic (exact) mass is 525 g/mol. The number of hydrogen-bond donors (Lipinski definition) is 1. The Morgan fingerprint density at radius 2 is 1.82 bits per heavy atom. The Morgan fingerprint density at radius 3 is 2.58 bits per heavy atom. The summed E-state index contributed by atoms with van der Waals surface area (Å²) in [5.41, 5.74) is 3.64. The highest BCUT2D eigenvalue weighted by Gasteiger charge is 2.44. The summed E-state index contributed by atoms with van der Waals surface area (Å²) in [4.78, 5) is 21.5. The summed E-state index contributed by atoms with van der Waals surface area (Å²) in [7, 11) is 0. The number of rotatable bonds is 9. The second kappa shape index (κ2) is 11.3. The maximum absolute atomic E-state index is 13.3. The van der Waals surface area contributed by atoms with Crippen molar-refractivity contribution in [1.82, 2.24) is 9.97 Å². The summed E-state index contributed by atoms with van der Waals surface area (Å²) in [6.45, 7) is 3.84. The molecule has 6 nitrogen and oxygen atoms in total. The zero-order valence-electron chi connectivity index (χ0n) is 20.4. The topological polar surface area (TPSA) is 73.3 Å². The molecule has 0 saturated carbocycles. The second-order valence-corrected chi connectivity index (χ2v) is 8.27. The first kappa shape index (κ1) is 26.6. The maximum Gasteiger partial charge on any atom is 0.461 e. The molecule has 0 radical (unpaired) electrons. The molecular formula is C28H23F4N3O3. The smallest absolute Gasteiger partial charge is 0.438 e. The molecule has 0 unspecified atom stereocenters. The van der Waals surface area contributed by atoms with Gasteiger partial charge in [-0.3, -0.25) is 9.78 Å². The van der Waals surface area contributed by atoms with Crippen molar-refractivity contribution >= 4 is 11.6 Å². The van der Waals surface area contributed by atoms with Gasteiger partial charge in [0.05, 0.1) is 0 Å². The van der Waals surface area contributed by atoms with Crippen LogP contribution in [0.3, 0.4) is 0 Å². The molecule has 38 heavy (non-hydrogen) atoms. The summed E-state index contributed by atoms with van der Waals surface area (Å²) in [5.74, 6) is -0.438. The Hall–Kier alpha value is -4.47. The van der Waals surface area contributed by atoms with Gasteiger partial charge < -0.3 is 14.8 Å². The number of aromatic nitrogens is 2. The molecule has 4 rings (SSSR count). The summed E-state index contributed by atoms with van der Waals surface area (Å²) in [5, 5.41) is 2.65. The van der Waals surface area contributed by atoms with Crippen LogP contribution in [0.4, 0.5) is 23.2 Å². The molecule has 2 aromatic carbocycles. The number of aryl methyl sites for hydroxylation is 2. The lowest BCUT2D eigenvalue weighted by Gasteiger charge is -2.17. The molecule has 4 aromatic rings. The lowest BCUT2D eigenvalue weighted by molar-refractivity contribution is -0.253. The molecule has 0 saturated heterocycles. The zero-order valence-corrected chi connectivity index (χ0v) is 20.4. The highest BCUT2D eigenvalue weighted by atomic mass is 19.3. The molecule has 1 N–H and O–H groups in total. The number of halogens is 4. The summed E-state index contributed by atoms with van der Waals surface area (Å²) < 4.78 is 61.6. The molecule has 0 aliphatic carbocycles. The predicted molar refractivity (Wildman–Crippen MR) is 134 cm³/mol. The van der Waals surface area contributed by atoms with E-state index in [9.17, 15) is 22.4 Å². The minimum atomic E-state index is -4.68. The van der Waals surface area contributed by atoms with Crippen molar-refractivity contribution in [3.63, 3.8) is 0 Å². The Morgan fingerprint density at radius 1 is 1.00 bits per heavy atom. The van der Waals surface area contributed by atoms with E-state index in [4.69, 9.17) is 4.74 Å². The van der Waals surface area contributed by atoms with Crippen molar-refractivity contribution in [3.05, 3.63) is 95.9 Å². The standard InChI is InChI=1S/C28H23F4N3O3/c1-3-20-14-18(11-13-33-20)23-8-5-12-34-26(23)37-24-16-21(10-9-17(24)2)35-25(36)19-6-4-7-22(15-19)38-28(31,32)27(29)30/h4-16,27H,3H2,1-2H3,(H,35,36). The number of hydrogen-bond acceptors (Lipinski definition) is 5. The first-order chi connectivity index (χ1) is 18.2. The molecular weight excluding hydrogens is 502 g/mol. The van der Waals surface area contributed by atoms with E-state index in [2.05, 4.69) is 20.0 Å². The van der Waals surface area contributed by atoms with Gasteiger partial charge in [0.25, 0.3) is 5.91 Å². The van der Waals surface area contributed by atoms with Crippen molar-refractivity contribution in [1.29, 1.82) is 0 Å². The normalized spacial score (nSPS) is 11.3. The second-order valence-electron chi connectivity index (χ2n) is 8.27. The quantitative estimate of drug-likeness (QED) is 0.232. The van der Waals surface area contributed by atoms with E-state index in [-0.39, 0.29) is 5.56 Å². The number of carbonyl (C=O) groups is 1. The van der Waals surface area contributed by atoms with Gasteiger partial charge in [0.2, 0.25) is 5.88 Å². The van der Waals surface area contributed by atoms with Crippen molar-refractivity contribution in [3.8, 4) is 28.5 Å². The minimum absolute atomic E-state index is 0.0629. The fourth-order valence-corrected chi connectivity index (χ4v) is 3.53. The van der Waals surface area contributed by atoms with Crippen LogP contribution in [0, 0.1) is 6.92 Å². The number of nitrogens with one attached hydrogen (secondary N) is 1. The fraction of sp³-hybridized carbons (Fsp3) is 0.179. The number of nitrogens with zero attached hydrogens (tertiary/aromatic N) is 2. The van der Waals surface area contributed by atoms with Gasteiger partial charge in [0.15, 0.2) is 0 Å². The van der Waals surface area contributed by atoms with Gasteiger partial charge >= 0.3 is 12.5 Å². The molecule has 2 heterocycles. The van der Waals surface area contributed by atoms with Gasteiger partial charge in [-0.15, -0.1) is 0 Å². The van der Waals surface area contributed by atoms with Gasteiger partial charge in [0, 0.05) is 41.0 Å². The van der Waals surface area contributed by atoms with Crippen LogP contribution in [0.2, 0.25) is 0 Å². The van der Waals surface area contributed by atoms with E-state index in [1.54, 1.807) is 36.7 Å². The van der Waals surface area contributed by atoms with Crippen LogP contribution < -0.4 is 14.8 Å². The molecule has 10 heteroatoms. The van der Waals surface area contributed by atoms with Gasteiger partial charge in [-0.1, -0.05) is 19.1 Å². The minimum Gasteiger partial charge on any atom is -0.438 e. The van der Waals surface area contributed by atoms with Crippen LogP contribution in [-0.2, 0) is 6.42 Å². The third-order valence-electron chi connectivity index (χ3n) is 5.52. The van der Waals surface area contributed by atoms with Crippen LogP contribution >= 0.6 is 0 Å². The molecule has 0 bridgehead atoms. The Balaban J connectivity index is 1.55. The van der Waals surface area contributed by atoms with Gasteiger partial charge in [-0.25, -0.2) is 4.98 Å². The van der Waals surface area contributed by atoms with Gasteiger partial charge in [-0.05, 0) is 73.0 Å². The van der Waals surface area contributed by atoms with Crippen LogP contribution in [0.15, 0.2) is 79.1 Å². The largest absolute Gasteiger partial charge is 0.461 e. The molecule has 0 atom stereocenters. The Kier molecular flexibility index (Phi) is 7.90. The molecule has 2 aromatic heterocycles. The van der Waals surface area contributed by atoms with Gasteiger partial charge in [0.1, 0.15) is 11.5 Å². The predicted octanol–water partition coefficient (Wildman–Crippen LogP) is 7.30. The van der Waals surface area contributed by atoms with Crippen LogP contribution in [0.25, 0.3) is 11.1 Å². The van der Waals surface area contributed by atoms with E-state index in [1.165, 1.54) is 12.1 Å². The molecule has 0 fully saturated rings. The van der Waals surface area contributed by atoms with Crippen LogP contribution in [-0.4, -0.2) is 28.4 Å². The third kappa shape index (κ3) is 6.26. The van der Waals surface area contributed by atoms with E-state index in [0.29, 0.717) is 17.3 Å². The first-order valence-electron chi connectivity index (χ1n) is 11.6. The number of carbonyl (C=O) groups excluding carboxylic acids is 1. The lowest BCUT2D eigenvalue weighted by atomic mass is 10.1. The molecule has 0 aliphatic rings. The van der Waals surface area contributed by atoms with Crippen molar-refractivity contribution in [2.24, 2.45) is 0 Å². The summed E-state index contributed by atoms with van der Waals surface area (Å²) in [6, 6.07) is 17.1. The average Bonchev–Trinajstić information content (AvgIpc) is 2.90. The Bertz CT molecular complexity index is 1450. The van der Waals surface area contributed by atoms with Crippen molar-refractivity contribution < 1.29 is 31.8 Å². The fourth-order valence-electron chi connectivity index (χ4n) is 3.53. The molecule has 0 aliphatic heterocycles. The molecule has 1 amide bonds. The third-order valence-corrected chi connectivity index (χ3v) is 5.52. The van der Waals surface area contributed by atoms with Crippen LogP contribution in [0.1, 0.15) is 28.5 Å². The highest BCUT2D eigenvalue weighted by molar-refractivity contribution is 6.04.